The summed E-state index contributed by atoms with van der Waals surface area (Å²) in [6, 6.07) is 5.51. The fraction of sp³-hybridized carbons (Fsp3) is 0.619. The molecule has 0 aromatic heterocycles. The van der Waals surface area contributed by atoms with Gasteiger partial charge in [0.05, 0.1) is 10.0 Å². The maximum absolute atomic E-state index is 13.1. The quantitative estimate of drug-likeness (QED) is 0.646. The van der Waals surface area contributed by atoms with Crippen LogP contribution in [0, 0.1) is 5.92 Å². The Morgan fingerprint density at radius 3 is 2.29 bits per heavy atom. The highest BCUT2D eigenvalue weighted by atomic mass is 35.5. The average Bonchev–Trinajstić information content (AvgIpc) is 2.60. The van der Waals surface area contributed by atoms with Crippen molar-refractivity contribution in [2.45, 2.75) is 65.6 Å². The van der Waals surface area contributed by atoms with Gasteiger partial charge in [0.1, 0.15) is 5.60 Å². The van der Waals surface area contributed by atoms with Gasteiger partial charge >= 0.3 is 6.09 Å². The van der Waals surface area contributed by atoms with Crippen molar-refractivity contribution in [2.24, 2.45) is 5.92 Å². The lowest BCUT2D eigenvalue weighted by molar-refractivity contribution is -0.139. The molecule has 1 aliphatic heterocycles. The number of rotatable bonds is 4. The van der Waals surface area contributed by atoms with Gasteiger partial charge in [-0.15, -0.1) is 0 Å². The number of hydrogen-bond donors (Lipinski definition) is 0. The number of amides is 2. The van der Waals surface area contributed by atoms with Crippen LogP contribution in [0.2, 0.25) is 10.0 Å². The summed E-state index contributed by atoms with van der Waals surface area (Å²) in [5.74, 6) is 0.0220. The Bertz CT molecular complexity index is 708. The van der Waals surface area contributed by atoms with Gasteiger partial charge in [-0.25, -0.2) is 4.79 Å². The van der Waals surface area contributed by atoms with Gasteiger partial charge in [0.15, 0.2) is 0 Å². The van der Waals surface area contributed by atoms with Crippen molar-refractivity contribution in [1.82, 2.24) is 9.80 Å². The summed E-state index contributed by atoms with van der Waals surface area (Å²) in [4.78, 5) is 28.9. The van der Waals surface area contributed by atoms with Gasteiger partial charge in [0.25, 0.3) is 0 Å². The Labute approximate surface area is 177 Å². The molecule has 0 aliphatic carbocycles. The van der Waals surface area contributed by atoms with Crippen molar-refractivity contribution in [3.05, 3.63) is 33.8 Å². The molecule has 2 amide bonds. The SMILES string of the molecule is CC(C)N(Cc1ccc(Cl)c(Cl)c1)C(=O)C1CCN(C(=O)OC(C)(C)C)CC1. The van der Waals surface area contributed by atoms with E-state index in [4.69, 9.17) is 27.9 Å². The summed E-state index contributed by atoms with van der Waals surface area (Å²) in [6.07, 6.45) is 0.973. The third kappa shape index (κ3) is 6.28. The third-order valence-corrected chi connectivity index (χ3v) is 5.48. The third-order valence-electron chi connectivity index (χ3n) is 4.74. The van der Waals surface area contributed by atoms with E-state index in [0.717, 1.165) is 5.56 Å². The molecule has 0 unspecified atom stereocenters. The van der Waals surface area contributed by atoms with Crippen LogP contribution >= 0.6 is 23.2 Å². The summed E-state index contributed by atoms with van der Waals surface area (Å²) >= 11 is 12.1. The highest BCUT2D eigenvalue weighted by molar-refractivity contribution is 6.42. The van der Waals surface area contributed by atoms with Crippen LogP contribution in [0.25, 0.3) is 0 Å². The number of carbonyl (C=O) groups excluding carboxylic acids is 2. The fourth-order valence-electron chi connectivity index (χ4n) is 3.22. The molecular weight excluding hydrogens is 399 g/mol. The molecule has 1 aromatic carbocycles. The number of halogens is 2. The maximum Gasteiger partial charge on any atom is 0.410 e. The Morgan fingerprint density at radius 2 is 1.79 bits per heavy atom. The minimum absolute atomic E-state index is 0.0610. The molecule has 0 atom stereocenters. The van der Waals surface area contributed by atoms with Crippen molar-refractivity contribution < 1.29 is 14.3 Å². The van der Waals surface area contributed by atoms with Crippen LogP contribution in [0.1, 0.15) is 53.0 Å². The molecule has 1 saturated heterocycles. The second-order valence-corrected chi connectivity index (χ2v) is 9.36. The van der Waals surface area contributed by atoms with E-state index in [9.17, 15) is 9.59 Å². The molecule has 0 radical (unpaired) electrons. The first kappa shape index (κ1) is 22.8. The molecule has 0 saturated carbocycles. The second-order valence-electron chi connectivity index (χ2n) is 8.55. The lowest BCUT2D eigenvalue weighted by Gasteiger charge is -2.36. The molecule has 1 fully saturated rings. The first-order valence-electron chi connectivity index (χ1n) is 9.70. The van der Waals surface area contributed by atoms with E-state index in [1.165, 1.54) is 0 Å². The van der Waals surface area contributed by atoms with Crippen LogP contribution in [0.3, 0.4) is 0 Å². The van der Waals surface area contributed by atoms with Crippen LogP contribution in [0.15, 0.2) is 18.2 Å². The monoisotopic (exact) mass is 428 g/mol. The van der Waals surface area contributed by atoms with Gasteiger partial charge in [-0.1, -0.05) is 29.3 Å². The van der Waals surface area contributed by atoms with Crippen LogP contribution in [-0.4, -0.2) is 46.5 Å². The summed E-state index contributed by atoms with van der Waals surface area (Å²) in [5, 5.41) is 0.989. The number of carbonyl (C=O) groups is 2. The van der Waals surface area contributed by atoms with E-state index in [1.807, 2.05) is 45.6 Å². The molecule has 0 N–H and O–H groups in total. The predicted molar refractivity (Wildman–Crippen MR) is 113 cm³/mol. The van der Waals surface area contributed by atoms with Gasteiger partial charge in [-0.2, -0.15) is 0 Å². The Hall–Kier alpha value is -1.46. The zero-order valence-corrected chi connectivity index (χ0v) is 18.8. The molecule has 2 rings (SSSR count). The van der Waals surface area contributed by atoms with Gasteiger partial charge < -0.3 is 14.5 Å². The first-order valence-corrected chi connectivity index (χ1v) is 10.5. The smallest absolute Gasteiger partial charge is 0.410 e. The summed E-state index contributed by atoms with van der Waals surface area (Å²) < 4.78 is 5.43. The molecular formula is C21H30Cl2N2O3. The molecule has 156 valence electrons. The van der Waals surface area contributed by atoms with Gasteiger partial charge in [0.2, 0.25) is 5.91 Å². The number of hydrogen-bond acceptors (Lipinski definition) is 3. The van der Waals surface area contributed by atoms with E-state index >= 15 is 0 Å². The topological polar surface area (TPSA) is 49.9 Å². The summed E-state index contributed by atoms with van der Waals surface area (Å²) in [5.41, 5.74) is 0.431. The number of ether oxygens (including phenoxy) is 1. The Kier molecular flexibility index (Phi) is 7.63. The lowest BCUT2D eigenvalue weighted by Crippen LogP contribution is -2.47. The Balaban J connectivity index is 1.99. The van der Waals surface area contributed by atoms with Crippen molar-refractivity contribution in [3.63, 3.8) is 0 Å². The van der Waals surface area contributed by atoms with Crippen molar-refractivity contribution in [1.29, 1.82) is 0 Å². The average molecular weight is 429 g/mol. The fourth-order valence-corrected chi connectivity index (χ4v) is 3.54. The standard InChI is InChI=1S/C21H30Cl2N2O3/c1-14(2)25(13-15-6-7-17(22)18(23)12-15)19(26)16-8-10-24(11-9-16)20(27)28-21(3,4)5/h6-7,12,14,16H,8-11,13H2,1-5H3. The minimum Gasteiger partial charge on any atom is -0.444 e. The highest BCUT2D eigenvalue weighted by Crippen LogP contribution is 2.26. The van der Waals surface area contributed by atoms with Crippen molar-refractivity contribution in [3.8, 4) is 0 Å². The van der Waals surface area contributed by atoms with Crippen molar-refractivity contribution >= 4 is 35.2 Å². The Morgan fingerprint density at radius 1 is 1.18 bits per heavy atom. The zero-order chi connectivity index (χ0) is 21.1. The molecule has 7 heteroatoms. The highest BCUT2D eigenvalue weighted by Gasteiger charge is 2.32. The van der Waals surface area contributed by atoms with Crippen LogP contribution in [0.5, 0.6) is 0 Å². The predicted octanol–water partition coefficient (Wildman–Crippen LogP) is 5.38. The molecule has 1 aromatic rings. The van der Waals surface area contributed by atoms with Crippen molar-refractivity contribution in [2.75, 3.05) is 13.1 Å². The number of benzene rings is 1. The largest absolute Gasteiger partial charge is 0.444 e. The zero-order valence-electron chi connectivity index (χ0n) is 17.3. The van der Waals surface area contributed by atoms with E-state index in [2.05, 4.69) is 0 Å². The van der Waals surface area contributed by atoms with E-state index in [1.54, 1.807) is 17.0 Å². The molecule has 0 spiro atoms. The normalized spacial score (nSPS) is 15.6. The lowest BCUT2D eigenvalue weighted by atomic mass is 9.94. The van der Waals surface area contributed by atoms with Gasteiger partial charge in [-0.05, 0) is 65.2 Å². The number of nitrogens with zero attached hydrogens (tertiary/aromatic N) is 2. The molecule has 28 heavy (non-hydrogen) atoms. The second kappa shape index (κ2) is 9.36. The van der Waals surface area contributed by atoms with Gasteiger partial charge in [0, 0.05) is 31.6 Å². The van der Waals surface area contributed by atoms with E-state index in [0.29, 0.717) is 42.5 Å². The van der Waals surface area contributed by atoms with Crippen LogP contribution in [-0.2, 0) is 16.1 Å². The summed E-state index contributed by atoms with van der Waals surface area (Å²) in [7, 11) is 0. The molecule has 5 nitrogen and oxygen atoms in total. The minimum atomic E-state index is -0.516. The number of likely N-dealkylation sites (tertiary alicyclic amines) is 1. The summed E-state index contributed by atoms with van der Waals surface area (Å²) in [6.45, 7) is 11.1. The maximum atomic E-state index is 13.1. The number of piperidine rings is 1. The molecule has 0 bridgehead atoms. The van der Waals surface area contributed by atoms with Crippen LogP contribution in [0.4, 0.5) is 4.79 Å². The van der Waals surface area contributed by atoms with Gasteiger partial charge in [-0.3, -0.25) is 4.79 Å². The molecule has 1 heterocycles. The van der Waals surface area contributed by atoms with E-state index < -0.39 is 5.60 Å². The van der Waals surface area contributed by atoms with E-state index in [-0.39, 0.29) is 24.0 Å². The first-order chi connectivity index (χ1) is 13.0. The molecule has 1 aliphatic rings. The van der Waals surface area contributed by atoms with Crippen LogP contribution < -0.4 is 0 Å².